The normalized spacial score (nSPS) is 19.4. The van der Waals surface area contributed by atoms with Crippen LogP contribution in [0.3, 0.4) is 0 Å². The summed E-state index contributed by atoms with van der Waals surface area (Å²) in [6, 6.07) is 28.4. The molecule has 0 bridgehead atoms. The van der Waals surface area contributed by atoms with E-state index in [4.69, 9.17) is 43.3 Å². The number of carboxylic acid groups (broad SMARTS) is 1. The fourth-order valence-electron chi connectivity index (χ4n) is 6.32. The quantitative estimate of drug-likeness (QED) is 0.0597. The molecule has 0 spiro atoms. The van der Waals surface area contributed by atoms with Crippen molar-refractivity contribution in [2.45, 2.75) is 95.5 Å². The topological polar surface area (TPSA) is 218 Å². The first kappa shape index (κ1) is 47.7. The van der Waals surface area contributed by atoms with E-state index in [1.807, 2.05) is 91.0 Å². The number of nitrogens with one attached hydrogen (secondary N) is 2. The standard InChI is InChI=1S/C41H47N5O10.C2HF3O2/c1-41(2)55-34-32(24-47)54-36(35(34)56-41)46-23-21-33(45-40(50)53-27-30-18-10-5-11-19-30)44-38(46)42-22-13-12-20-31(37(48)51-25-28-14-6-3-7-15-28)43-39(49)52-26-29-16-8-4-9-17-29;3-2(4,5)1(6)7/h3-11,14-19,21,23,31-32,34-36,47H,12-13,20,22,24-27H2,1-2H3,(H,43,49)(H,42,44,45,50);(H,6,7)/t31-,32+,34+,35+,36+;/m0./s1. The van der Waals surface area contributed by atoms with E-state index >= 15 is 0 Å². The van der Waals surface area contributed by atoms with Crippen molar-refractivity contribution in [1.29, 1.82) is 0 Å². The Bertz CT molecular complexity index is 2180. The van der Waals surface area contributed by atoms with Gasteiger partial charge in [-0.3, -0.25) is 14.9 Å². The fourth-order valence-corrected chi connectivity index (χ4v) is 6.32. The molecule has 0 aliphatic carbocycles. The summed E-state index contributed by atoms with van der Waals surface area (Å²) in [4.78, 5) is 56.9. The summed E-state index contributed by atoms with van der Waals surface area (Å²) in [5.74, 6) is -4.06. The van der Waals surface area contributed by atoms with E-state index in [1.165, 1.54) is 0 Å². The SMILES string of the molecule is CC1(C)O[C@@H]2[C@H](O1)[C@@H](CO)O[C@H]2n1ccc(NC(=O)OCc2ccccc2)nc1=NCCCC[C@H](NC(=O)OCc1ccccc1)C(=O)OCc1ccccc1.O=C(O)C(F)(F)F. The van der Waals surface area contributed by atoms with Gasteiger partial charge in [0.15, 0.2) is 12.0 Å². The van der Waals surface area contributed by atoms with Crippen LogP contribution in [0.25, 0.3) is 0 Å². The molecule has 2 fully saturated rings. The molecule has 2 saturated heterocycles. The molecule has 3 aromatic carbocycles. The zero-order valence-corrected chi connectivity index (χ0v) is 34.3. The van der Waals surface area contributed by atoms with Gasteiger partial charge < -0.3 is 44.0 Å². The van der Waals surface area contributed by atoms with Gasteiger partial charge in [-0.1, -0.05) is 91.0 Å². The molecule has 0 unspecified atom stereocenters. The first-order chi connectivity index (χ1) is 30.1. The molecule has 0 saturated carbocycles. The molecular formula is C43H48F3N5O12. The van der Waals surface area contributed by atoms with Crippen molar-refractivity contribution in [2.75, 3.05) is 18.5 Å². The molecule has 63 heavy (non-hydrogen) atoms. The average Bonchev–Trinajstić information content (AvgIpc) is 3.76. The zero-order valence-electron chi connectivity index (χ0n) is 34.3. The minimum atomic E-state index is -5.08. The van der Waals surface area contributed by atoms with Gasteiger partial charge in [0.2, 0.25) is 5.62 Å². The first-order valence-electron chi connectivity index (χ1n) is 19.8. The third kappa shape index (κ3) is 14.9. The Hall–Kier alpha value is -6.35. The van der Waals surface area contributed by atoms with Crippen LogP contribution >= 0.6 is 0 Å². The van der Waals surface area contributed by atoms with Gasteiger partial charge in [0.1, 0.15) is 50.0 Å². The molecule has 4 N–H and O–H groups in total. The summed E-state index contributed by atoms with van der Waals surface area (Å²) < 4.78 is 68.1. The fraction of sp³-hybridized carbons (Fsp3) is 0.395. The molecule has 338 valence electrons. The number of anilines is 1. The highest BCUT2D eigenvalue weighted by Gasteiger charge is 2.55. The number of esters is 1. The summed E-state index contributed by atoms with van der Waals surface area (Å²) in [5.41, 5.74) is 2.66. The van der Waals surface area contributed by atoms with Gasteiger partial charge in [0.25, 0.3) is 0 Å². The molecule has 3 heterocycles. The Labute approximate surface area is 359 Å². The maximum Gasteiger partial charge on any atom is 0.490 e. The average molecular weight is 884 g/mol. The Morgan fingerprint density at radius 2 is 1.33 bits per heavy atom. The highest BCUT2D eigenvalue weighted by Crippen LogP contribution is 2.42. The van der Waals surface area contributed by atoms with Crippen LogP contribution in [0.4, 0.5) is 28.6 Å². The molecule has 20 heteroatoms. The second-order valence-corrected chi connectivity index (χ2v) is 14.6. The number of aliphatic carboxylic acids is 1. The number of hydrogen-bond donors (Lipinski definition) is 4. The number of carbonyl (C=O) groups excluding carboxylic acids is 3. The summed E-state index contributed by atoms with van der Waals surface area (Å²) in [6.07, 6.45) is -6.15. The van der Waals surface area contributed by atoms with Gasteiger partial charge >= 0.3 is 30.3 Å². The van der Waals surface area contributed by atoms with Gasteiger partial charge in [-0.15, -0.1) is 0 Å². The molecule has 2 amide bonds. The highest BCUT2D eigenvalue weighted by atomic mass is 19.4. The predicted octanol–water partition coefficient (Wildman–Crippen LogP) is 5.78. The summed E-state index contributed by atoms with van der Waals surface area (Å²) in [7, 11) is 0. The number of hydrogen-bond acceptors (Lipinski definition) is 13. The number of amides is 2. The van der Waals surface area contributed by atoms with Gasteiger partial charge in [-0.05, 0) is 55.9 Å². The Balaban J connectivity index is 0.000000985. The number of carboxylic acids is 1. The van der Waals surface area contributed by atoms with Crippen molar-refractivity contribution in [3.05, 3.63) is 126 Å². The van der Waals surface area contributed by atoms with Crippen LogP contribution in [-0.2, 0) is 57.8 Å². The van der Waals surface area contributed by atoms with Gasteiger partial charge in [-0.25, -0.2) is 19.2 Å². The maximum absolute atomic E-state index is 13.2. The van der Waals surface area contributed by atoms with E-state index in [9.17, 15) is 32.7 Å². The number of alkyl halides is 3. The number of benzene rings is 3. The summed E-state index contributed by atoms with van der Waals surface area (Å²) >= 11 is 0. The van der Waals surface area contributed by atoms with E-state index < -0.39 is 66.7 Å². The number of carbonyl (C=O) groups is 4. The second-order valence-electron chi connectivity index (χ2n) is 14.6. The number of unbranched alkanes of at least 4 members (excludes halogenated alkanes) is 1. The van der Waals surface area contributed by atoms with Crippen molar-refractivity contribution < 1.29 is 71.0 Å². The lowest BCUT2D eigenvalue weighted by atomic mass is 10.1. The molecule has 4 aromatic rings. The lowest BCUT2D eigenvalue weighted by Gasteiger charge is -2.25. The van der Waals surface area contributed by atoms with E-state index in [0.29, 0.717) is 12.8 Å². The zero-order chi connectivity index (χ0) is 45.4. The summed E-state index contributed by atoms with van der Waals surface area (Å²) in [5, 5.41) is 22.5. The number of ether oxygens (including phenoxy) is 6. The number of aromatic nitrogens is 2. The van der Waals surface area contributed by atoms with Crippen LogP contribution in [0.5, 0.6) is 0 Å². The van der Waals surface area contributed by atoms with Gasteiger partial charge in [-0.2, -0.15) is 18.2 Å². The monoisotopic (exact) mass is 883 g/mol. The lowest BCUT2D eigenvalue weighted by Crippen LogP contribution is -2.42. The number of aliphatic hydroxyl groups is 1. The van der Waals surface area contributed by atoms with Crippen molar-refractivity contribution >= 4 is 29.9 Å². The van der Waals surface area contributed by atoms with Crippen molar-refractivity contribution in [3.63, 3.8) is 0 Å². The smallest absolute Gasteiger partial charge is 0.475 e. The minimum absolute atomic E-state index is 0.0447. The molecule has 17 nitrogen and oxygen atoms in total. The van der Waals surface area contributed by atoms with Crippen LogP contribution in [0.15, 0.2) is 108 Å². The number of nitrogens with zero attached hydrogens (tertiary/aromatic N) is 3. The second kappa shape index (κ2) is 22.7. The molecule has 2 aliphatic heterocycles. The van der Waals surface area contributed by atoms with Gasteiger partial charge in [0, 0.05) is 12.7 Å². The van der Waals surface area contributed by atoms with E-state index in [-0.39, 0.29) is 50.8 Å². The number of rotatable bonds is 16. The Morgan fingerprint density at radius 1 is 0.810 bits per heavy atom. The lowest BCUT2D eigenvalue weighted by molar-refractivity contribution is -0.200. The van der Waals surface area contributed by atoms with Crippen LogP contribution < -0.4 is 16.3 Å². The van der Waals surface area contributed by atoms with Crippen LogP contribution in [-0.4, -0.2) is 93.4 Å². The Kier molecular flexibility index (Phi) is 17.2. The Morgan fingerprint density at radius 3 is 1.87 bits per heavy atom. The van der Waals surface area contributed by atoms with Crippen molar-refractivity contribution in [3.8, 4) is 0 Å². The largest absolute Gasteiger partial charge is 0.490 e. The highest BCUT2D eigenvalue weighted by molar-refractivity contribution is 5.83. The third-order valence-electron chi connectivity index (χ3n) is 9.28. The molecule has 6 rings (SSSR count). The maximum atomic E-state index is 13.2. The van der Waals surface area contributed by atoms with Crippen molar-refractivity contribution in [1.82, 2.24) is 14.9 Å². The third-order valence-corrected chi connectivity index (χ3v) is 9.28. The van der Waals surface area contributed by atoms with E-state index in [0.717, 1.165) is 16.7 Å². The van der Waals surface area contributed by atoms with Crippen LogP contribution in [0, 0.1) is 0 Å². The number of fused-ring (bicyclic) bond motifs is 1. The van der Waals surface area contributed by atoms with Crippen molar-refractivity contribution in [2.24, 2.45) is 4.99 Å². The van der Waals surface area contributed by atoms with E-state index in [1.54, 1.807) is 30.7 Å². The number of aliphatic hydroxyl groups excluding tert-OH is 1. The van der Waals surface area contributed by atoms with Gasteiger partial charge in [0.05, 0.1) is 6.61 Å². The van der Waals surface area contributed by atoms with Crippen LogP contribution in [0.1, 0.15) is 56.0 Å². The molecule has 0 radical (unpaired) electrons. The van der Waals surface area contributed by atoms with E-state index in [2.05, 4.69) is 15.6 Å². The minimum Gasteiger partial charge on any atom is -0.475 e. The summed E-state index contributed by atoms with van der Waals surface area (Å²) in [6.45, 7) is 3.73. The molecular weight excluding hydrogens is 835 g/mol. The first-order valence-corrected chi connectivity index (χ1v) is 19.8. The number of halogens is 3. The molecule has 1 aromatic heterocycles. The molecule has 5 atom stereocenters. The molecule has 2 aliphatic rings. The predicted molar refractivity (Wildman–Crippen MR) is 215 cm³/mol. The number of alkyl carbamates (subject to hydrolysis) is 1. The van der Waals surface area contributed by atoms with Crippen LogP contribution in [0.2, 0.25) is 0 Å².